The van der Waals surface area contributed by atoms with Gasteiger partial charge in [-0.05, 0) is 18.8 Å². The number of nitrogens with zero attached hydrogens (tertiary/aromatic N) is 1. The summed E-state index contributed by atoms with van der Waals surface area (Å²) in [6, 6.07) is 0. The van der Waals surface area contributed by atoms with E-state index < -0.39 is 5.41 Å². The van der Waals surface area contributed by atoms with Crippen molar-refractivity contribution in [2.45, 2.75) is 41.0 Å². The van der Waals surface area contributed by atoms with Crippen LogP contribution < -0.4 is 5.32 Å². The van der Waals surface area contributed by atoms with Crippen molar-refractivity contribution in [3.05, 3.63) is 12.2 Å². The molecule has 0 saturated heterocycles. The van der Waals surface area contributed by atoms with E-state index in [-0.39, 0.29) is 23.1 Å². The van der Waals surface area contributed by atoms with E-state index in [1.165, 1.54) is 17.1 Å². The first-order valence-electron chi connectivity index (χ1n) is 6.91. The zero-order chi connectivity index (χ0) is 15.6. The summed E-state index contributed by atoms with van der Waals surface area (Å²) in [6.45, 7) is 10.5. The quantitative estimate of drug-likeness (QED) is 0.750. The molecule has 0 bridgehead atoms. The molecule has 1 aliphatic rings. The maximum atomic E-state index is 12.0. The van der Waals surface area contributed by atoms with Gasteiger partial charge in [-0.25, -0.2) is 0 Å². The van der Waals surface area contributed by atoms with Crippen LogP contribution in [-0.4, -0.2) is 35.7 Å². The Kier molecular flexibility index (Phi) is 4.73. The third kappa shape index (κ3) is 3.92. The topological polar surface area (TPSA) is 66.5 Å². The van der Waals surface area contributed by atoms with E-state index in [1.807, 2.05) is 34.6 Å². The molecule has 0 spiro atoms. The minimum absolute atomic E-state index is 0.00900. The van der Waals surface area contributed by atoms with Gasteiger partial charge in [0.25, 0.3) is 11.8 Å². The fraction of sp³-hybridized carbons (Fsp3) is 0.667. The van der Waals surface area contributed by atoms with E-state index in [9.17, 15) is 14.4 Å². The molecule has 0 aromatic heterocycles. The van der Waals surface area contributed by atoms with Gasteiger partial charge in [0.05, 0.1) is 0 Å². The van der Waals surface area contributed by atoms with Gasteiger partial charge < -0.3 is 5.32 Å². The van der Waals surface area contributed by atoms with Crippen LogP contribution in [0.3, 0.4) is 0 Å². The molecule has 20 heavy (non-hydrogen) atoms. The summed E-state index contributed by atoms with van der Waals surface area (Å²) in [7, 11) is 0. The molecule has 1 aliphatic heterocycles. The van der Waals surface area contributed by atoms with Crippen LogP contribution in [0.25, 0.3) is 0 Å². The number of nitrogens with one attached hydrogen (secondary N) is 1. The highest BCUT2D eigenvalue weighted by atomic mass is 16.2. The van der Waals surface area contributed by atoms with Gasteiger partial charge in [-0.2, -0.15) is 0 Å². The molecule has 0 fully saturated rings. The molecule has 3 amide bonds. The van der Waals surface area contributed by atoms with Crippen molar-refractivity contribution in [1.82, 2.24) is 10.2 Å². The smallest absolute Gasteiger partial charge is 0.253 e. The molecule has 1 heterocycles. The molecule has 0 radical (unpaired) electrons. The number of carbonyl (C=O) groups is 3. The van der Waals surface area contributed by atoms with Gasteiger partial charge in [0.2, 0.25) is 5.91 Å². The molecular weight excluding hydrogens is 256 g/mol. The fourth-order valence-corrected chi connectivity index (χ4v) is 2.75. The van der Waals surface area contributed by atoms with Crippen LogP contribution in [0.5, 0.6) is 0 Å². The van der Waals surface area contributed by atoms with Crippen molar-refractivity contribution in [2.24, 2.45) is 10.8 Å². The van der Waals surface area contributed by atoms with Gasteiger partial charge in [-0.15, -0.1) is 0 Å². The maximum absolute atomic E-state index is 12.0. The minimum Gasteiger partial charge on any atom is -0.356 e. The second-order valence-corrected chi connectivity index (χ2v) is 6.68. The Morgan fingerprint density at radius 2 is 1.65 bits per heavy atom. The van der Waals surface area contributed by atoms with Crippen molar-refractivity contribution in [3.8, 4) is 0 Å². The van der Waals surface area contributed by atoms with Gasteiger partial charge in [0, 0.05) is 30.7 Å². The Labute approximate surface area is 120 Å². The molecule has 0 aromatic rings. The van der Waals surface area contributed by atoms with Gasteiger partial charge in [0.1, 0.15) is 0 Å². The molecule has 1 N–H and O–H groups in total. The molecule has 0 atom stereocenters. The van der Waals surface area contributed by atoms with Crippen molar-refractivity contribution < 1.29 is 14.4 Å². The lowest BCUT2D eigenvalue weighted by Gasteiger charge is -2.36. The zero-order valence-electron chi connectivity index (χ0n) is 12.9. The standard InChI is InChI=1S/C15H24N2O3/c1-6-16-13(20)15(4,5)9-14(2,3)10-17-11(18)7-8-12(17)19/h7-8H,6,9-10H2,1-5H3,(H,16,20). The first-order valence-corrected chi connectivity index (χ1v) is 6.91. The third-order valence-corrected chi connectivity index (χ3v) is 3.36. The molecule has 0 unspecified atom stereocenters. The Bertz CT molecular complexity index is 432. The Morgan fingerprint density at radius 1 is 1.15 bits per heavy atom. The Hall–Kier alpha value is -1.65. The molecule has 1 rings (SSSR count). The average molecular weight is 280 g/mol. The fourth-order valence-electron chi connectivity index (χ4n) is 2.75. The summed E-state index contributed by atoms with van der Waals surface area (Å²) >= 11 is 0. The number of imide groups is 1. The highest BCUT2D eigenvalue weighted by molar-refractivity contribution is 6.12. The SMILES string of the molecule is CCNC(=O)C(C)(C)CC(C)(C)CN1C(=O)C=CC1=O. The van der Waals surface area contributed by atoms with Crippen LogP contribution in [0.15, 0.2) is 12.2 Å². The van der Waals surface area contributed by atoms with E-state index >= 15 is 0 Å². The van der Waals surface area contributed by atoms with Crippen molar-refractivity contribution in [3.63, 3.8) is 0 Å². The number of hydrogen-bond donors (Lipinski definition) is 1. The summed E-state index contributed by atoms with van der Waals surface area (Å²) in [5.74, 6) is -0.567. The average Bonchev–Trinajstić information content (AvgIpc) is 2.59. The first-order chi connectivity index (χ1) is 9.09. The van der Waals surface area contributed by atoms with E-state index in [1.54, 1.807) is 0 Å². The Morgan fingerprint density at radius 3 is 2.10 bits per heavy atom. The second kappa shape index (κ2) is 5.77. The van der Waals surface area contributed by atoms with Gasteiger partial charge >= 0.3 is 0 Å². The summed E-state index contributed by atoms with van der Waals surface area (Å²) in [6.07, 6.45) is 3.16. The summed E-state index contributed by atoms with van der Waals surface area (Å²) in [5.41, 5.74) is -0.870. The summed E-state index contributed by atoms with van der Waals surface area (Å²) in [4.78, 5) is 36.5. The highest BCUT2D eigenvalue weighted by Gasteiger charge is 2.37. The van der Waals surface area contributed by atoms with Crippen LogP contribution in [-0.2, 0) is 14.4 Å². The van der Waals surface area contributed by atoms with Crippen molar-refractivity contribution >= 4 is 17.7 Å². The predicted molar refractivity (Wildman–Crippen MR) is 76.7 cm³/mol. The van der Waals surface area contributed by atoms with Gasteiger partial charge in [-0.3, -0.25) is 19.3 Å². The van der Waals surface area contributed by atoms with Crippen LogP contribution in [0, 0.1) is 10.8 Å². The van der Waals surface area contributed by atoms with Crippen molar-refractivity contribution in [1.29, 1.82) is 0 Å². The molecule has 5 heteroatoms. The lowest BCUT2D eigenvalue weighted by molar-refractivity contribution is -0.139. The van der Waals surface area contributed by atoms with Gasteiger partial charge in [-0.1, -0.05) is 27.7 Å². The van der Waals surface area contributed by atoms with Crippen LogP contribution >= 0.6 is 0 Å². The first kappa shape index (κ1) is 16.4. The number of carbonyl (C=O) groups excluding carboxylic acids is 3. The molecule has 112 valence electrons. The summed E-state index contributed by atoms with van der Waals surface area (Å²) in [5, 5.41) is 2.82. The second-order valence-electron chi connectivity index (χ2n) is 6.68. The molecule has 0 aromatic carbocycles. The Balaban J connectivity index is 2.72. The van der Waals surface area contributed by atoms with Crippen LogP contribution in [0.4, 0.5) is 0 Å². The number of rotatable bonds is 6. The monoisotopic (exact) mass is 280 g/mol. The third-order valence-electron chi connectivity index (χ3n) is 3.36. The maximum Gasteiger partial charge on any atom is 0.253 e. The lowest BCUT2D eigenvalue weighted by Crippen LogP contribution is -2.44. The summed E-state index contributed by atoms with van der Waals surface area (Å²) < 4.78 is 0. The zero-order valence-corrected chi connectivity index (χ0v) is 12.9. The normalized spacial score (nSPS) is 15.9. The molecular formula is C15H24N2O3. The number of amides is 3. The van der Waals surface area contributed by atoms with Crippen molar-refractivity contribution in [2.75, 3.05) is 13.1 Å². The van der Waals surface area contributed by atoms with E-state index in [2.05, 4.69) is 5.32 Å². The molecule has 5 nitrogen and oxygen atoms in total. The number of hydrogen-bond acceptors (Lipinski definition) is 3. The molecule has 0 aliphatic carbocycles. The van der Waals surface area contributed by atoms with E-state index in [4.69, 9.17) is 0 Å². The lowest BCUT2D eigenvalue weighted by atomic mass is 9.74. The largest absolute Gasteiger partial charge is 0.356 e. The van der Waals surface area contributed by atoms with E-state index in [0.29, 0.717) is 19.5 Å². The van der Waals surface area contributed by atoms with Crippen LogP contribution in [0.1, 0.15) is 41.0 Å². The van der Waals surface area contributed by atoms with E-state index in [0.717, 1.165) is 0 Å². The minimum atomic E-state index is -0.543. The molecule has 0 saturated carbocycles. The highest BCUT2D eigenvalue weighted by Crippen LogP contribution is 2.35. The van der Waals surface area contributed by atoms with Gasteiger partial charge in [0.15, 0.2) is 0 Å². The van der Waals surface area contributed by atoms with Crippen LogP contribution in [0.2, 0.25) is 0 Å². The predicted octanol–water partition coefficient (Wildman–Crippen LogP) is 1.49.